The Morgan fingerprint density at radius 1 is 1.48 bits per heavy atom. The molecule has 0 radical (unpaired) electrons. The predicted octanol–water partition coefficient (Wildman–Crippen LogP) is 1.32. The molecule has 0 fully saturated rings. The molecule has 0 saturated heterocycles. The lowest BCUT2D eigenvalue weighted by Crippen LogP contribution is -2.30. The summed E-state index contributed by atoms with van der Waals surface area (Å²) in [5.74, 6) is 0.170. The number of nitrogens with zero attached hydrogens (tertiary/aromatic N) is 3. The first kappa shape index (κ1) is 13.4. The highest BCUT2D eigenvalue weighted by atomic mass is 16.3. The van der Waals surface area contributed by atoms with Gasteiger partial charge in [0.1, 0.15) is 17.8 Å². The fourth-order valence-corrected chi connectivity index (χ4v) is 2.67. The molecule has 0 spiro atoms. The Bertz CT molecular complexity index is 914. The van der Waals surface area contributed by atoms with Gasteiger partial charge in [-0.1, -0.05) is 0 Å². The Hall–Kier alpha value is -2.57. The number of carbonyl (C=O) groups excluding carboxylic acids is 1. The van der Waals surface area contributed by atoms with Gasteiger partial charge in [-0.25, -0.2) is 4.68 Å². The summed E-state index contributed by atoms with van der Waals surface area (Å²) in [6, 6.07) is 1.96. The number of furan rings is 1. The molecule has 0 unspecified atom stereocenters. The maximum Gasteiger partial charge on any atom is 0.291 e. The van der Waals surface area contributed by atoms with Crippen molar-refractivity contribution in [3.05, 3.63) is 28.4 Å². The zero-order valence-corrected chi connectivity index (χ0v) is 12.1. The Balaban J connectivity index is 2.45. The second-order valence-corrected chi connectivity index (χ2v) is 5.37. The van der Waals surface area contributed by atoms with Gasteiger partial charge in [-0.3, -0.25) is 9.59 Å². The lowest BCUT2D eigenvalue weighted by molar-refractivity contribution is -0.118. The molecule has 110 valence electrons. The van der Waals surface area contributed by atoms with E-state index in [-0.39, 0.29) is 18.1 Å². The van der Waals surface area contributed by atoms with Crippen molar-refractivity contribution < 1.29 is 9.21 Å². The number of hydrogen-bond donors (Lipinski definition) is 1. The molecule has 0 saturated carbocycles. The highest BCUT2D eigenvalue weighted by Crippen LogP contribution is 2.31. The molecule has 3 rings (SSSR count). The molecule has 3 aromatic rings. The first-order valence-electron chi connectivity index (χ1n) is 6.68. The van der Waals surface area contributed by atoms with Crippen LogP contribution < -0.4 is 11.3 Å². The zero-order chi connectivity index (χ0) is 15.3. The van der Waals surface area contributed by atoms with Gasteiger partial charge >= 0.3 is 0 Å². The van der Waals surface area contributed by atoms with Crippen LogP contribution in [0.25, 0.3) is 22.0 Å². The van der Waals surface area contributed by atoms with Crippen LogP contribution in [0.15, 0.2) is 21.5 Å². The maximum absolute atomic E-state index is 12.6. The van der Waals surface area contributed by atoms with Crippen molar-refractivity contribution >= 4 is 27.9 Å². The van der Waals surface area contributed by atoms with E-state index in [0.717, 1.165) is 16.0 Å². The molecule has 0 aliphatic rings. The fraction of sp³-hybridized carbons (Fsp3) is 0.357. The third kappa shape index (κ3) is 1.93. The van der Waals surface area contributed by atoms with E-state index in [1.165, 1.54) is 0 Å². The number of primary amides is 1. The monoisotopic (exact) mass is 288 g/mol. The van der Waals surface area contributed by atoms with Crippen LogP contribution in [-0.4, -0.2) is 20.3 Å². The number of rotatable bonds is 3. The molecule has 3 heterocycles. The van der Waals surface area contributed by atoms with Gasteiger partial charge in [-0.05, 0) is 20.8 Å². The standard InChI is InChI=1S/C14H16N4O3/c1-7(2)18-10-4-8(3)21-13(10)9-5-16-17(6-11(15)19)14(20)12(9)18/h4-5,7H,6H2,1-3H3,(H2,15,19). The van der Waals surface area contributed by atoms with Crippen LogP contribution in [0.3, 0.4) is 0 Å². The predicted molar refractivity (Wildman–Crippen MR) is 78.1 cm³/mol. The van der Waals surface area contributed by atoms with E-state index in [1.807, 2.05) is 31.4 Å². The zero-order valence-electron chi connectivity index (χ0n) is 12.1. The van der Waals surface area contributed by atoms with Crippen LogP contribution in [0, 0.1) is 6.92 Å². The highest BCUT2D eigenvalue weighted by molar-refractivity contribution is 6.04. The normalized spacial score (nSPS) is 11.8. The van der Waals surface area contributed by atoms with Crippen molar-refractivity contribution in [1.82, 2.24) is 14.3 Å². The van der Waals surface area contributed by atoms with Crippen molar-refractivity contribution in [3.63, 3.8) is 0 Å². The largest absolute Gasteiger partial charge is 0.459 e. The molecule has 0 aliphatic heterocycles. The number of aryl methyl sites for hydroxylation is 1. The van der Waals surface area contributed by atoms with Gasteiger partial charge in [0.05, 0.1) is 17.1 Å². The van der Waals surface area contributed by atoms with Crippen molar-refractivity contribution in [2.24, 2.45) is 5.73 Å². The summed E-state index contributed by atoms with van der Waals surface area (Å²) >= 11 is 0. The highest BCUT2D eigenvalue weighted by Gasteiger charge is 2.21. The minimum atomic E-state index is -0.605. The van der Waals surface area contributed by atoms with E-state index in [0.29, 0.717) is 16.5 Å². The van der Waals surface area contributed by atoms with Crippen LogP contribution in [-0.2, 0) is 11.3 Å². The number of amides is 1. The molecule has 2 N–H and O–H groups in total. The van der Waals surface area contributed by atoms with Gasteiger partial charge in [-0.15, -0.1) is 0 Å². The molecule has 3 aromatic heterocycles. The molecule has 0 atom stereocenters. The summed E-state index contributed by atoms with van der Waals surface area (Å²) in [7, 11) is 0. The Kier molecular flexibility index (Phi) is 2.86. The second-order valence-electron chi connectivity index (χ2n) is 5.37. The quantitative estimate of drug-likeness (QED) is 0.786. The van der Waals surface area contributed by atoms with E-state index < -0.39 is 5.91 Å². The first-order valence-corrected chi connectivity index (χ1v) is 6.68. The topological polar surface area (TPSA) is 96.1 Å². The number of carbonyl (C=O) groups is 1. The smallest absolute Gasteiger partial charge is 0.291 e. The summed E-state index contributed by atoms with van der Waals surface area (Å²) in [6.07, 6.45) is 1.55. The van der Waals surface area contributed by atoms with E-state index in [9.17, 15) is 9.59 Å². The van der Waals surface area contributed by atoms with E-state index in [4.69, 9.17) is 10.2 Å². The lowest BCUT2D eigenvalue weighted by atomic mass is 10.3. The second kappa shape index (κ2) is 4.47. The van der Waals surface area contributed by atoms with Gasteiger partial charge in [-0.2, -0.15) is 5.10 Å². The van der Waals surface area contributed by atoms with Crippen LogP contribution in [0.5, 0.6) is 0 Å². The number of hydrogen-bond acceptors (Lipinski definition) is 4. The van der Waals surface area contributed by atoms with Crippen LogP contribution >= 0.6 is 0 Å². The summed E-state index contributed by atoms with van der Waals surface area (Å²) in [5, 5.41) is 4.66. The average Bonchev–Trinajstić information content (AvgIpc) is 2.87. The van der Waals surface area contributed by atoms with Gasteiger partial charge in [0, 0.05) is 12.1 Å². The molecule has 0 aromatic carbocycles. The molecular weight excluding hydrogens is 272 g/mol. The molecular formula is C14H16N4O3. The third-order valence-electron chi connectivity index (χ3n) is 3.42. The van der Waals surface area contributed by atoms with Gasteiger partial charge in [0.25, 0.3) is 5.56 Å². The van der Waals surface area contributed by atoms with E-state index in [1.54, 1.807) is 6.20 Å². The molecule has 0 aliphatic carbocycles. The van der Waals surface area contributed by atoms with Crippen molar-refractivity contribution in [2.75, 3.05) is 0 Å². The number of nitrogens with two attached hydrogens (primary N) is 1. The van der Waals surface area contributed by atoms with Crippen LogP contribution in [0.4, 0.5) is 0 Å². The average molecular weight is 288 g/mol. The number of aromatic nitrogens is 3. The fourth-order valence-electron chi connectivity index (χ4n) is 2.67. The van der Waals surface area contributed by atoms with Crippen molar-refractivity contribution in [3.8, 4) is 0 Å². The minimum absolute atomic E-state index is 0.0686. The van der Waals surface area contributed by atoms with Crippen molar-refractivity contribution in [2.45, 2.75) is 33.4 Å². The summed E-state index contributed by atoms with van der Waals surface area (Å²) in [4.78, 5) is 23.6. The molecule has 1 amide bonds. The van der Waals surface area contributed by atoms with E-state index >= 15 is 0 Å². The molecule has 7 nitrogen and oxygen atoms in total. The maximum atomic E-state index is 12.6. The Morgan fingerprint density at radius 3 is 2.81 bits per heavy atom. The van der Waals surface area contributed by atoms with E-state index in [2.05, 4.69) is 5.10 Å². The molecule has 7 heteroatoms. The van der Waals surface area contributed by atoms with Gasteiger partial charge in [0.15, 0.2) is 5.58 Å². The van der Waals surface area contributed by atoms with Crippen LogP contribution in [0.1, 0.15) is 25.6 Å². The van der Waals surface area contributed by atoms with Crippen LogP contribution in [0.2, 0.25) is 0 Å². The Labute approximate surface area is 119 Å². The van der Waals surface area contributed by atoms with Gasteiger partial charge in [0.2, 0.25) is 5.91 Å². The molecule has 21 heavy (non-hydrogen) atoms. The SMILES string of the molecule is Cc1cc2c(o1)c1cnn(CC(N)=O)c(=O)c1n2C(C)C. The van der Waals surface area contributed by atoms with Crippen molar-refractivity contribution in [1.29, 1.82) is 0 Å². The Morgan fingerprint density at radius 2 is 2.19 bits per heavy atom. The number of fused-ring (bicyclic) bond motifs is 3. The summed E-state index contributed by atoms with van der Waals surface area (Å²) < 4.78 is 8.67. The van der Waals surface area contributed by atoms with Gasteiger partial charge < -0.3 is 14.7 Å². The third-order valence-corrected chi connectivity index (χ3v) is 3.42. The minimum Gasteiger partial charge on any atom is -0.459 e. The summed E-state index contributed by atoms with van der Waals surface area (Å²) in [5.41, 5.74) is 6.78. The summed E-state index contributed by atoms with van der Waals surface area (Å²) in [6.45, 7) is 5.59. The first-order chi connectivity index (χ1) is 9.90. The lowest BCUT2D eigenvalue weighted by Gasteiger charge is -2.10. The molecule has 0 bridgehead atoms.